The first-order chi connectivity index (χ1) is 12.2. The summed E-state index contributed by atoms with van der Waals surface area (Å²) in [6.07, 6.45) is 6.29. The molecule has 1 aliphatic carbocycles. The van der Waals surface area contributed by atoms with Gasteiger partial charge in [0.1, 0.15) is 6.04 Å². The lowest BCUT2D eigenvalue weighted by molar-refractivity contribution is -0.121. The number of hydrogen-bond acceptors (Lipinski definition) is 4. The van der Waals surface area contributed by atoms with Crippen LogP contribution in [-0.4, -0.2) is 44.2 Å². The van der Waals surface area contributed by atoms with Gasteiger partial charge in [0, 0.05) is 17.5 Å². The van der Waals surface area contributed by atoms with Crippen molar-refractivity contribution in [3.8, 4) is 0 Å². The maximum Gasteiger partial charge on any atom is 0.243 e. The van der Waals surface area contributed by atoms with Crippen LogP contribution in [0.2, 0.25) is 0 Å². The Morgan fingerprint density at radius 2 is 1.81 bits per heavy atom. The molecule has 1 aromatic rings. The Bertz CT molecular complexity index is 708. The van der Waals surface area contributed by atoms with Crippen LogP contribution in [0.5, 0.6) is 0 Å². The maximum atomic E-state index is 12.5. The normalized spacial score (nSPS) is 16.5. The van der Waals surface area contributed by atoms with Gasteiger partial charge in [-0.05, 0) is 56.9 Å². The Kier molecular flexibility index (Phi) is 7.41. The zero-order valence-corrected chi connectivity index (χ0v) is 17.8. The fourth-order valence-corrected chi connectivity index (χ4v) is 5.87. The molecule has 1 aliphatic rings. The summed E-state index contributed by atoms with van der Waals surface area (Å²) in [5, 5.41) is 3.61. The number of aryl methyl sites for hydroxylation is 2. The minimum Gasteiger partial charge on any atom is -0.353 e. The van der Waals surface area contributed by atoms with Crippen LogP contribution in [0.15, 0.2) is 18.2 Å². The Labute approximate surface area is 162 Å². The lowest BCUT2D eigenvalue weighted by atomic mass is 10.1. The predicted octanol–water partition coefficient (Wildman–Crippen LogP) is 3.25. The molecule has 1 N–H and O–H groups in total. The van der Waals surface area contributed by atoms with Crippen LogP contribution in [0.4, 0.5) is 5.69 Å². The van der Waals surface area contributed by atoms with Gasteiger partial charge in [0.25, 0.3) is 0 Å². The van der Waals surface area contributed by atoms with Crippen molar-refractivity contribution >= 4 is 33.4 Å². The van der Waals surface area contributed by atoms with Crippen molar-refractivity contribution in [2.24, 2.45) is 0 Å². The largest absolute Gasteiger partial charge is 0.353 e. The highest BCUT2D eigenvalue weighted by atomic mass is 32.2. The third kappa shape index (κ3) is 5.91. The first-order valence-corrected chi connectivity index (χ1v) is 12.0. The molecule has 0 unspecified atom stereocenters. The maximum absolute atomic E-state index is 12.5. The number of benzene rings is 1. The van der Waals surface area contributed by atoms with Crippen molar-refractivity contribution < 1.29 is 13.2 Å². The molecule has 146 valence electrons. The monoisotopic (exact) mass is 398 g/mol. The highest BCUT2D eigenvalue weighted by molar-refractivity contribution is 7.99. The van der Waals surface area contributed by atoms with E-state index < -0.39 is 16.1 Å². The number of hydrogen-bond donors (Lipinski definition) is 1. The second kappa shape index (κ2) is 9.13. The van der Waals surface area contributed by atoms with E-state index in [0.717, 1.165) is 23.1 Å². The van der Waals surface area contributed by atoms with Crippen LogP contribution in [-0.2, 0) is 14.8 Å². The van der Waals surface area contributed by atoms with E-state index in [2.05, 4.69) is 5.32 Å². The van der Waals surface area contributed by atoms with Crippen LogP contribution < -0.4 is 9.62 Å². The van der Waals surface area contributed by atoms with Crippen LogP contribution >= 0.6 is 11.8 Å². The summed E-state index contributed by atoms with van der Waals surface area (Å²) in [4.78, 5) is 12.5. The third-order valence-corrected chi connectivity index (χ3v) is 7.23. The van der Waals surface area contributed by atoms with Crippen LogP contribution in [0.25, 0.3) is 0 Å². The zero-order chi connectivity index (χ0) is 19.3. The third-order valence-electron chi connectivity index (χ3n) is 4.61. The van der Waals surface area contributed by atoms with Gasteiger partial charge in [0.2, 0.25) is 15.9 Å². The van der Waals surface area contributed by atoms with E-state index in [-0.39, 0.29) is 5.91 Å². The van der Waals surface area contributed by atoms with Crippen molar-refractivity contribution in [2.75, 3.05) is 22.9 Å². The van der Waals surface area contributed by atoms with E-state index in [0.29, 0.717) is 17.5 Å². The number of amides is 1. The molecular formula is C19H30N2O3S2. The number of nitrogens with zero attached hydrogens (tertiary/aromatic N) is 1. The molecule has 1 amide bonds. The second-order valence-electron chi connectivity index (χ2n) is 7.15. The SMILES string of the molecule is Cc1cc(C)cc(N([C@@H](C)C(=O)NCCSC2CCCC2)S(C)(=O)=O)c1. The summed E-state index contributed by atoms with van der Waals surface area (Å²) in [5.74, 6) is 0.604. The van der Waals surface area contributed by atoms with E-state index in [1.54, 1.807) is 19.1 Å². The van der Waals surface area contributed by atoms with Crippen molar-refractivity contribution in [1.29, 1.82) is 0 Å². The molecule has 1 aromatic carbocycles. The standard InChI is InChI=1S/C19H30N2O3S2/c1-14-11-15(2)13-17(12-14)21(26(4,23)24)16(3)19(22)20-9-10-25-18-7-5-6-8-18/h11-13,16,18H,5-10H2,1-4H3,(H,20,22)/t16-/m0/s1. The predicted molar refractivity (Wildman–Crippen MR) is 110 cm³/mol. The molecule has 7 heteroatoms. The summed E-state index contributed by atoms with van der Waals surface area (Å²) in [7, 11) is -3.57. The van der Waals surface area contributed by atoms with Gasteiger partial charge in [-0.3, -0.25) is 9.10 Å². The molecule has 0 spiro atoms. The first-order valence-electron chi connectivity index (χ1n) is 9.15. The average molecular weight is 399 g/mol. The summed E-state index contributed by atoms with van der Waals surface area (Å²) in [6.45, 7) is 6.04. The smallest absolute Gasteiger partial charge is 0.243 e. The van der Waals surface area contributed by atoms with Gasteiger partial charge in [-0.15, -0.1) is 0 Å². The lowest BCUT2D eigenvalue weighted by Crippen LogP contribution is -2.48. The average Bonchev–Trinajstić information content (AvgIpc) is 3.02. The molecule has 0 aromatic heterocycles. The van der Waals surface area contributed by atoms with E-state index in [9.17, 15) is 13.2 Å². The summed E-state index contributed by atoms with van der Waals surface area (Å²) < 4.78 is 25.9. The Morgan fingerprint density at radius 3 is 2.35 bits per heavy atom. The van der Waals surface area contributed by atoms with Crippen LogP contribution in [0, 0.1) is 13.8 Å². The molecule has 0 saturated heterocycles. The first kappa shape index (κ1) is 21.1. The highest BCUT2D eigenvalue weighted by Crippen LogP contribution is 2.29. The van der Waals surface area contributed by atoms with Gasteiger partial charge in [-0.1, -0.05) is 18.9 Å². The molecule has 1 atom stereocenters. The molecular weight excluding hydrogens is 368 g/mol. The topological polar surface area (TPSA) is 66.5 Å². The van der Waals surface area contributed by atoms with Gasteiger partial charge in [0.05, 0.1) is 11.9 Å². The van der Waals surface area contributed by atoms with Crippen molar-refractivity contribution in [3.63, 3.8) is 0 Å². The number of thioether (sulfide) groups is 1. The van der Waals surface area contributed by atoms with E-state index in [4.69, 9.17) is 0 Å². The van der Waals surface area contributed by atoms with E-state index in [1.807, 2.05) is 31.7 Å². The molecule has 1 fully saturated rings. The number of carbonyl (C=O) groups excluding carboxylic acids is 1. The number of nitrogens with one attached hydrogen (secondary N) is 1. The van der Waals surface area contributed by atoms with Gasteiger partial charge in [-0.2, -0.15) is 11.8 Å². The minimum atomic E-state index is -3.57. The summed E-state index contributed by atoms with van der Waals surface area (Å²) in [5.41, 5.74) is 2.47. The zero-order valence-electron chi connectivity index (χ0n) is 16.1. The highest BCUT2D eigenvalue weighted by Gasteiger charge is 2.29. The molecule has 1 saturated carbocycles. The van der Waals surface area contributed by atoms with E-state index in [1.165, 1.54) is 30.0 Å². The number of carbonyl (C=O) groups is 1. The van der Waals surface area contributed by atoms with Crippen LogP contribution in [0.3, 0.4) is 0 Å². The van der Waals surface area contributed by atoms with Gasteiger partial charge in [0.15, 0.2) is 0 Å². The molecule has 0 aliphatic heterocycles. The van der Waals surface area contributed by atoms with Crippen molar-refractivity contribution in [3.05, 3.63) is 29.3 Å². The molecule has 5 nitrogen and oxygen atoms in total. The number of sulfonamides is 1. The van der Waals surface area contributed by atoms with Crippen molar-refractivity contribution in [2.45, 2.75) is 57.7 Å². The fraction of sp³-hybridized carbons (Fsp3) is 0.632. The molecule has 2 rings (SSSR count). The Morgan fingerprint density at radius 1 is 1.23 bits per heavy atom. The Hall–Kier alpha value is -1.21. The van der Waals surface area contributed by atoms with E-state index >= 15 is 0 Å². The number of rotatable bonds is 8. The minimum absolute atomic E-state index is 0.262. The quantitative estimate of drug-likeness (QED) is 0.683. The van der Waals surface area contributed by atoms with Crippen LogP contribution in [0.1, 0.15) is 43.7 Å². The second-order valence-corrected chi connectivity index (χ2v) is 10.4. The van der Waals surface area contributed by atoms with Gasteiger partial charge in [-0.25, -0.2) is 8.42 Å². The van der Waals surface area contributed by atoms with Gasteiger partial charge >= 0.3 is 0 Å². The number of anilines is 1. The lowest BCUT2D eigenvalue weighted by Gasteiger charge is -2.28. The Balaban J connectivity index is 2.01. The summed E-state index contributed by atoms with van der Waals surface area (Å²) in [6, 6.07) is 4.79. The van der Waals surface area contributed by atoms with Crippen molar-refractivity contribution in [1.82, 2.24) is 5.32 Å². The molecule has 0 heterocycles. The van der Waals surface area contributed by atoms with Gasteiger partial charge < -0.3 is 5.32 Å². The molecule has 0 bridgehead atoms. The molecule has 26 heavy (non-hydrogen) atoms. The molecule has 0 radical (unpaired) electrons. The fourth-order valence-electron chi connectivity index (χ4n) is 3.49. The summed E-state index contributed by atoms with van der Waals surface area (Å²) >= 11 is 1.91.